The van der Waals surface area contributed by atoms with Crippen LogP contribution >= 0.6 is 0 Å². The van der Waals surface area contributed by atoms with E-state index in [1.165, 1.54) is 6.08 Å². The molecular formula is C29H33FN4O3. The van der Waals surface area contributed by atoms with E-state index < -0.39 is 0 Å². The minimum Gasteiger partial charge on any atom is -0.483 e. The van der Waals surface area contributed by atoms with Gasteiger partial charge in [0, 0.05) is 60.6 Å². The van der Waals surface area contributed by atoms with Crippen molar-refractivity contribution in [3.05, 3.63) is 94.8 Å². The van der Waals surface area contributed by atoms with Gasteiger partial charge < -0.3 is 20.9 Å². The number of unbranched alkanes of at least 4 members (excludes halogenated alkanes) is 1. The van der Waals surface area contributed by atoms with Gasteiger partial charge >= 0.3 is 0 Å². The van der Waals surface area contributed by atoms with E-state index >= 15 is 0 Å². The Balaban J connectivity index is 0.00000121. The van der Waals surface area contributed by atoms with Crippen LogP contribution in [0.5, 0.6) is 5.88 Å². The molecule has 4 N–H and O–H groups in total. The predicted molar refractivity (Wildman–Crippen MR) is 145 cm³/mol. The molecule has 1 aliphatic heterocycles. The van der Waals surface area contributed by atoms with Crippen molar-refractivity contribution in [2.45, 2.75) is 32.6 Å². The first-order valence-corrected chi connectivity index (χ1v) is 12.2. The second kappa shape index (κ2) is 13.9. The van der Waals surface area contributed by atoms with Crippen LogP contribution in [0.1, 0.15) is 38.2 Å². The number of pyridine rings is 1. The number of methoxy groups -OCH3 is 1. The van der Waals surface area contributed by atoms with Gasteiger partial charge in [0.15, 0.2) is 0 Å². The molecule has 2 heterocycles. The van der Waals surface area contributed by atoms with Crippen molar-refractivity contribution in [2.24, 2.45) is 10.7 Å². The number of fused-ring (bicyclic) bond motifs is 1. The number of halogens is 1. The minimum absolute atomic E-state index is 0.161. The first-order valence-electron chi connectivity index (χ1n) is 12.2. The summed E-state index contributed by atoms with van der Waals surface area (Å²) in [5, 5.41) is 10.5. The standard InChI is InChI=1S/C28H31FN4O.CH2O2/c1-3-4-15-31-26-16-21-9-11-23(29)12-13-25(21)33-28(24(26)17-30)20-7-5-19(6-8-20)22-10-14-27(34-2)32-18-22;2-1-3/h5-10,12-14,18,31H,3-4,11,15-17,30H2,1-2H3;1H,(H,2,3). The molecule has 0 bridgehead atoms. The molecule has 0 radical (unpaired) electrons. The molecule has 37 heavy (non-hydrogen) atoms. The van der Waals surface area contributed by atoms with Crippen LogP contribution in [-0.2, 0) is 4.79 Å². The molecule has 1 aromatic carbocycles. The maximum absolute atomic E-state index is 14.0. The molecule has 8 heteroatoms. The highest BCUT2D eigenvalue weighted by Gasteiger charge is 2.22. The summed E-state index contributed by atoms with van der Waals surface area (Å²) in [5.41, 5.74) is 14.0. The molecule has 0 amide bonds. The third kappa shape index (κ3) is 7.24. The Morgan fingerprint density at radius 2 is 1.84 bits per heavy atom. The van der Waals surface area contributed by atoms with Crippen LogP contribution in [0.3, 0.4) is 0 Å². The van der Waals surface area contributed by atoms with Crippen molar-refractivity contribution in [1.29, 1.82) is 0 Å². The number of nitrogens with two attached hydrogens (primary N) is 1. The predicted octanol–water partition coefficient (Wildman–Crippen LogP) is 5.32. The van der Waals surface area contributed by atoms with Gasteiger partial charge in [-0.15, -0.1) is 0 Å². The van der Waals surface area contributed by atoms with Crippen molar-refractivity contribution >= 4 is 12.2 Å². The molecule has 4 rings (SSSR count). The normalized spacial score (nSPS) is 14.9. The second-order valence-electron chi connectivity index (χ2n) is 8.45. The zero-order valence-electron chi connectivity index (χ0n) is 21.2. The van der Waals surface area contributed by atoms with Crippen LogP contribution < -0.4 is 15.8 Å². The van der Waals surface area contributed by atoms with Crippen molar-refractivity contribution in [3.8, 4) is 17.0 Å². The maximum atomic E-state index is 14.0. The van der Waals surface area contributed by atoms with Gasteiger partial charge in [0.2, 0.25) is 5.88 Å². The molecule has 7 nitrogen and oxygen atoms in total. The molecule has 1 aliphatic carbocycles. The molecule has 0 saturated carbocycles. The number of carbonyl (C=O) groups is 1. The fourth-order valence-corrected chi connectivity index (χ4v) is 4.11. The van der Waals surface area contributed by atoms with Crippen LogP contribution in [0.15, 0.2) is 94.2 Å². The van der Waals surface area contributed by atoms with E-state index in [0.717, 1.165) is 64.3 Å². The van der Waals surface area contributed by atoms with Crippen molar-refractivity contribution < 1.29 is 19.0 Å². The third-order valence-electron chi connectivity index (χ3n) is 6.05. The number of benzene rings is 1. The lowest BCUT2D eigenvalue weighted by atomic mass is 9.96. The molecule has 2 aliphatic rings. The number of hydrogen-bond donors (Lipinski definition) is 3. The monoisotopic (exact) mass is 504 g/mol. The van der Waals surface area contributed by atoms with Crippen LogP contribution in [0.4, 0.5) is 4.39 Å². The van der Waals surface area contributed by atoms with Crippen LogP contribution in [-0.4, -0.2) is 42.5 Å². The van der Waals surface area contributed by atoms with Crippen molar-refractivity contribution in [2.75, 3.05) is 20.2 Å². The molecule has 0 spiro atoms. The van der Waals surface area contributed by atoms with Gasteiger partial charge in [-0.2, -0.15) is 0 Å². The Hall–Kier alpha value is -4.04. The Kier molecular flexibility index (Phi) is 10.3. The summed E-state index contributed by atoms with van der Waals surface area (Å²) in [7, 11) is 1.60. The lowest BCUT2D eigenvalue weighted by Crippen LogP contribution is -2.24. The van der Waals surface area contributed by atoms with Gasteiger partial charge in [0.1, 0.15) is 5.83 Å². The maximum Gasteiger partial charge on any atom is 0.290 e. The fourth-order valence-electron chi connectivity index (χ4n) is 4.11. The Bertz CT molecular complexity index is 1230. The van der Waals surface area contributed by atoms with Gasteiger partial charge in [-0.05, 0) is 35.8 Å². The van der Waals surface area contributed by atoms with E-state index in [0.29, 0.717) is 18.8 Å². The number of carboxylic acid groups (broad SMARTS) is 1. The average Bonchev–Trinajstić information content (AvgIpc) is 3.19. The fraction of sp³-hybridized carbons (Fsp3) is 0.276. The SMILES string of the molecule is CCCCNC1=C(CN)C(c2ccc(-c3ccc(OC)nc3)cc2)=NC2=CC=C(F)CC=C2C1.O=CO. The molecule has 0 unspecified atom stereocenters. The van der Waals surface area contributed by atoms with Crippen molar-refractivity contribution in [3.63, 3.8) is 0 Å². The highest BCUT2D eigenvalue weighted by atomic mass is 19.1. The summed E-state index contributed by atoms with van der Waals surface area (Å²) in [4.78, 5) is 17.7. The number of allylic oxidation sites excluding steroid dienone is 6. The first kappa shape index (κ1) is 27.5. The Morgan fingerprint density at radius 3 is 2.46 bits per heavy atom. The summed E-state index contributed by atoms with van der Waals surface area (Å²) < 4.78 is 19.2. The van der Waals surface area contributed by atoms with Gasteiger partial charge in [-0.25, -0.2) is 14.4 Å². The molecular weight excluding hydrogens is 471 g/mol. The molecule has 0 saturated heterocycles. The minimum atomic E-state index is -0.250. The van der Waals surface area contributed by atoms with Crippen LogP contribution in [0.25, 0.3) is 11.1 Å². The zero-order chi connectivity index (χ0) is 26.6. The third-order valence-corrected chi connectivity index (χ3v) is 6.05. The second-order valence-corrected chi connectivity index (χ2v) is 8.45. The van der Waals surface area contributed by atoms with Gasteiger partial charge in [0.05, 0.1) is 18.5 Å². The van der Waals surface area contributed by atoms with Gasteiger partial charge in [-0.1, -0.05) is 43.7 Å². The summed E-state index contributed by atoms with van der Waals surface area (Å²) in [6.07, 6.45) is 10.1. The molecule has 0 atom stereocenters. The highest BCUT2D eigenvalue weighted by Crippen LogP contribution is 2.32. The first-order chi connectivity index (χ1) is 18.0. The summed E-state index contributed by atoms with van der Waals surface area (Å²) in [6, 6.07) is 12.1. The summed E-state index contributed by atoms with van der Waals surface area (Å²) >= 11 is 0. The number of rotatable bonds is 8. The number of ether oxygens (including phenoxy) is 1. The lowest BCUT2D eigenvalue weighted by molar-refractivity contribution is -0.122. The smallest absolute Gasteiger partial charge is 0.290 e. The topological polar surface area (TPSA) is 110 Å². The Labute approximate surface area is 217 Å². The lowest BCUT2D eigenvalue weighted by Gasteiger charge is -2.16. The van der Waals surface area contributed by atoms with E-state index in [1.807, 2.05) is 18.2 Å². The largest absolute Gasteiger partial charge is 0.483 e. The summed E-state index contributed by atoms with van der Waals surface area (Å²) in [6.45, 7) is 3.15. The Morgan fingerprint density at radius 1 is 1.14 bits per heavy atom. The van der Waals surface area contributed by atoms with E-state index in [-0.39, 0.29) is 18.7 Å². The van der Waals surface area contributed by atoms with Gasteiger partial charge in [-0.3, -0.25) is 4.79 Å². The number of hydrogen-bond acceptors (Lipinski definition) is 6. The molecule has 1 aromatic heterocycles. The number of nitrogens with zero attached hydrogens (tertiary/aromatic N) is 2. The number of aliphatic imine (C=N–C) groups is 1. The quantitative estimate of drug-likeness (QED) is 0.332. The highest BCUT2D eigenvalue weighted by molar-refractivity contribution is 6.14. The van der Waals surface area contributed by atoms with E-state index in [4.69, 9.17) is 25.4 Å². The van der Waals surface area contributed by atoms with Crippen LogP contribution in [0, 0.1) is 0 Å². The average molecular weight is 505 g/mol. The molecule has 0 fully saturated rings. The summed E-state index contributed by atoms with van der Waals surface area (Å²) in [5.74, 6) is 0.422. The zero-order valence-corrected chi connectivity index (χ0v) is 21.2. The molecule has 2 aromatic rings. The van der Waals surface area contributed by atoms with Crippen LogP contribution in [0.2, 0.25) is 0 Å². The van der Waals surface area contributed by atoms with E-state index in [2.05, 4.69) is 41.5 Å². The van der Waals surface area contributed by atoms with Gasteiger partial charge in [0.25, 0.3) is 6.47 Å². The number of aromatic nitrogens is 1. The molecule has 194 valence electrons. The van der Waals surface area contributed by atoms with E-state index in [9.17, 15) is 4.39 Å². The van der Waals surface area contributed by atoms with Crippen molar-refractivity contribution in [1.82, 2.24) is 10.3 Å². The number of nitrogens with one attached hydrogen (secondary N) is 1. The van der Waals surface area contributed by atoms with E-state index in [1.54, 1.807) is 19.4 Å².